The van der Waals surface area contributed by atoms with Gasteiger partial charge in [-0.25, -0.2) is 9.78 Å². The molecule has 2 fully saturated rings. The fraction of sp³-hybridized carbons (Fsp3) is 0.391. The largest absolute Gasteiger partial charge is 0.353 e. The molecule has 32 heavy (non-hydrogen) atoms. The van der Waals surface area contributed by atoms with Crippen molar-refractivity contribution in [3.05, 3.63) is 54.2 Å². The number of amides is 4. The number of carbonyl (C=O) groups excluding carboxylic acids is 3. The summed E-state index contributed by atoms with van der Waals surface area (Å²) in [6.45, 7) is 5.36. The molecule has 2 aliphatic rings. The number of benzene rings is 1. The van der Waals surface area contributed by atoms with Crippen molar-refractivity contribution >= 4 is 29.4 Å². The highest BCUT2D eigenvalue weighted by molar-refractivity contribution is 5.94. The van der Waals surface area contributed by atoms with Gasteiger partial charge in [-0.15, -0.1) is 0 Å². The van der Waals surface area contributed by atoms with Gasteiger partial charge in [0.2, 0.25) is 11.8 Å². The lowest BCUT2D eigenvalue weighted by Crippen LogP contribution is -2.57. The van der Waals surface area contributed by atoms with Gasteiger partial charge in [-0.2, -0.15) is 0 Å². The molecule has 2 saturated heterocycles. The van der Waals surface area contributed by atoms with Crippen molar-refractivity contribution < 1.29 is 14.4 Å². The molecular weight excluding hydrogens is 408 g/mol. The lowest BCUT2D eigenvalue weighted by Gasteiger charge is -2.38. The van der Waals surface area contributed by atoms with E-state index >= 15 is 0 Å². The van der Waals surface area contributed by atoms with Gasteiger partial charge in [0.15, 0.2) is 0 Å². The average molecular weight is 437 g/mol. The molecule has 0 radical (unpaired) electrons. The summed E-state index contributed by atoms with van der Waals surface area (Å²) in [6, 6.07) is 13.0. The van der Waals surface area contributed by atoms with Crippen molar-refractivity contribution in [3.8, 4) is 0 Å². The topological polar surface area (TPSA) is 89.1 Å². The molecule has 4 rings (SSSR count). The third kappa shape index (κ3) is 5.16. The van der Waals surface area contributed by atoms with Gasteiger partial charge in [-0.3, -0.25) is 9.59 Å². The van der Waals surface area contributed by atoms with E-state index in [9.17, 15) is 14.4 Å². The van der Waals surface area contributed by atoms with E-state index in [0.29, 0.717) is 45.0 Å². The summed E-state index contributed by atoms with van der Waals surface area (Å²) < 4.78 is 0. The van der Waals surface area contributed by atoms with Gasteiger partial charge in [0.25, 0.3) is 0 Å². The summed E-state index contributed by atoms with van der Waals surface area (Å²) in [5.41, 5.74) is 1.80. The van der Waals surface area contributed by atoms with Crippen molar-refractivity contribution in [2.24, 2.45) is 0 Å². The molecule has 4 amide bonds. The first-order valence-electron chi connectivity index (χ1n) is 10.8. The minimum absolute atomic E-state index is 0.0293. The van der Waals surface area contributed by atoms with Crippen LogP contribution in [0.5, 0.6) is 0 Å². The maximum Gasteiger partial charge on any atom is 0.322 e. The highest BCUT2D eigenvalue weighted by atomic mass is 16.2. The lowest BCUT2D eigenvalue weighted by molar-refractivity contribution is -0.143. The molecule has 0 atom stereocenters. The number of nitrogens with zero attached hydrogens (tertiary/aromatic N) is 5. The summed E-state index contributed by atoms with van der Waals surface area (Å²) >= 11 is 0. The SMILES string of the molecule is Cc1ccc(NC(=O)N2CCN(CC(=O)N3CCN(c4ccccn4)CC3)C(=O)C2)cc1. The molecule has 1 N–H and O–H groups in total. The average Bonchev–Trinajstić information content (AvgIpc) is 2.82. The van der Waals surface area contributed by atoms with E-state index in [0.717, 1.165) is 11.4 Å². The van der Waals surface area contributed by atoms with Crippen LogP contribution in [-0.4, -0.2) is 89.9 Å². The Morgan fingerprint density at radius 3 is 2.31 bits per heavy atom. The second-order valence-corrected chi connectivity index (χ2v) is 8.09. The Hall–Kier alpha value is -3.62. The number of aromatic nitrogens is 1. The van der Waals surface area contributed by atoms with Crippen LogP contribution in [0, 0.1) is 6.92 Å². The Labute approximate surface area is 187 Å². The summed E-state index contributed by atoms with van der Waals surface area (Å²) in [5, 5.41) is 2.82. The molecule has 9 heteroatoms. The number of urea groups is 1. The highest BCUT2D eigenvalue weighted by Gasteiger charge is 2.30. The van der Waals surface area contributed by atoms with E-state index in [4.69, 9.17) is 0 Å². The lowest BCUT2D eigenvalue weighted by atomic mass is 10.2. The minimum Gasteiger partial charge on any atom is -0.353 e. The molecule has 0 unspecified atom stereocenters. The van der Waals surface area contributed by atoms with Crippen LogP contribution >= 0.6 is 0 Å². The van der Waals surface area contributed by atoms with Crippen LogP contribution in [0.15, 0.2) is 48.7 Å². The number of carbonyl (C=O) groups is 3. The maximum atomic E-state index is 12.7. The first-order valence-corrected chi connectivity index (χ1v) is 10.8. The van der Waals surface area contributed by atoms with Gasteiger partial charge in [-0.05, 0) is 31.2 Å². The first-order chi connectivity index (χ1) is 15.5. The van der Waals surface area contributed by atoms with E-state index in [1.807, 2.05) is 49.4 Å². The Morgan fingerprint density at radius 2 is 1.66 bits per heavy atom. The summed E-state index contributed by atoms with van der Waals surface area (Å²) in [4.78, 5) is 49.1. The molecule has 2 aliphatic heterocycles. The van der Waals surface area contributed by atoms with E-state index in [1.54, 1.807) is 16.0 Å². The third-order valence-corrected chi connectivity index (χ3v) is 5.84. The van der Waals surface area contributed by atoms with Crippen LogP contribution in [0.2, 0.25) is 0 Å². The quantitative estimate of drug-likeness (QED) is 0.783. The fourth-order valence-electron chi connectivity index (χ4n) is 3.88. The molecule has 0 spiro atoms. The van der Waals surface area contributed by atoms with Crippen LogP contribution in [0.1, 0.15) is 5.56 Å². The number of nitrogens with one attached hydrogen (secondary N) is 1. The Morgan fingerprint density at radius 1 is 0.938 bits per heavy atom. The second kappa shape index (κ2) is 9.67. The Kier molecular flexibility index (Phi) is 6.53. The monoisotopic (exact) mass is 436 g/mol. The van der Waals surface area contributed by atoms with Crippen LogP contribution < -0.4 is 10.2 Å². The van der Waals surface area contributed by atoms with Crippen molar-refractivity contribution in [2.45, 2.75) is 6.92 Å². The van der Waals surface area contributed by atoms with Crippen molar-refractivity contribution in [1.29, 1.82) is 0 Å². The summed E-state index contributed by atoms with van der Waals surface area (Å²) in [5.74, 6) is 0.641. The van der Waals surface area contributed by atoms with Crippen LogP contribution in [0.4, 0.5) is 16.3 Å². The molecule has 1 aromatic heterocycles. The predicted octanol–water partition coefficient (Wildman–Crippen LogP) is 1.41. The standard InChI is InChI=1S/C23H28N6O3/c1-18-5-7-19(8-6-18)25-23(32)29-15-14-28(22(31)17-29)16-21(30)27-12-10-26(11-13-27)20-4-2-3-9-24-20/h2-9H,10-17H2,1H3,(H,25,32). The molecule has 0 saturated carbocycles. The normalized spacial score (nSPS) is 16.8. The van der Waals surface area contributed by atoms with E-state index in [2.05, 4.69) is 15.2 Å². The van der Waals surface area contributed by atoms with Gasteiger partial charge in [-0.1, -0.05) is 23.8 Å². The number of hydrogen-bond donors (Lipinski definition) is 1. The van der Waals surface area contributed by atoms with Gasteiger partial charge < -0.3 is 24.9 Å². The summed E-state index contributed by atoms with van der Waals surface area (Å²) in [6.07, 6.45) is 1.76. The van der Waals surface area contributed by atoms with Crippen molar-refractivity contribution in [2.75, 3.05) is 62.6 Å². The maximum absolute atomic E-state index is 12.7. The van der Waals surface area contributed by atoms with E-state index in [1.165, 1.54) is 4.90 Å². The van der Waals surface area contributed by atoms with Crippen LogP contribution in [0.25, 0.3) is 0 Å². The number of aryl methyl sites for hydroxylation is 1. The molecule has 0 aliphatic carbocycles. The van der Waals surface area contributed by atoms with Crippen molar-refractivity contribution in [1.82, 2.24) is 19.7 Å². The number of rotatable bonds is 4. The third-order valence-electron chi connectivity index (χ3n) is 5.84. The van der Waals surface area contributed by atoms with Crippen LogP contribution in [0.3, 0.4) is 0 Å². The zero-order valence-electron chi connectivity index (χ0n) is 18.2. The summed E-state index contributed by atoms with van der Waals surface area (Å²) in [7, 11) is 0. The molecule has 9 nitrogen and oxygen atoms in total. The fourth-order valence-corrected chi connectivity index (χ4v) is 3.88. The van der Waals surface area contributed by atoms with Crippen molar-refractivity contribution in [3.63, 3.8) is 0 Å². The number of pyridine rings is 1. The second-order valence-electron chi connectivity index (χ2n) is 8.09. The van der Waals surface area contributed by atoms with Crippen LogP contribution in [-0.2, 0) is 9.59 Å². The Balaban J connectivity index is 1.23. The highest BCUT2D eigenvalue weighted by Crippen LogP contribution is 2.14. The minimum atomic E-state index is -0.307. The van der Waals surface area contributed by atoms with E-state index < -0.39 is 0 Å². The van der Waals surface area contributed by atoms with Gasteiger partial charge in [0, 0.05) is 51.2 Å². The molecule has 3 heterocycles. The molecule has 1 aromatic carbocycles. The zero-order valence-corrected chi connectivity index (χ0v) is 18.2. The molecule has 0 bridgehead atoms. The Bertz CT molecular complexity index is 957. The van der Waals surface area contributed by atoms with Gasteiger partial charge >= 0.3 is 6.03 Å². The molecule has 168 valence electrons. The van der Waals surface area contributed by atoms with Gasteiger partial charge in [0.1, 0.15) is 12.4 Å². The van der Waals surface area contributed by atoms with E-state index in [-0.39, 0.29) is 30.9 Å². The number of anilines is 2. The van der Waals surface area contributed by atoms with Gasteiger partial charge in [0.05, 0.1) is 6.54 Å². The molecule has 2 aromatic rings. The smallest absolute Gasteiger partial charge is 0.322 e. The number of piperazine rings is 2. The number of hydrogen-bond acceptors (Lipinski definition) is 5. The first kappa shape index (κ1) is 21.6. The molecular formula is C23H28N6O3. The predicted molar refractivity (Wildman–Crippen MR) is 121 cm³/mol. The zero-order chi connectivity index (χ0) is 22.5.